The molecule has 3 aromatic rings. The highest BCUT2D eigenvalue weighted by Crippen LogP contribution is 2.24. The van der Waals surface area contributed by atoms with Crippen molar-refractivity contribution in [3.05, 3.63) is 83.6 Å². The van der Waals surface area contributed by atoms with Gasteiger partial charge in [0.15, 0.2) is 0 Å². The molecule has 0 unspecified atom stereocenters. The van der Waals surface area contributed by atoms with Crippen LogP contribution in [0.4, 0.5) is 5.82 Å². The molecule has 1 aromatic heterocycles. The van der Waals surface area contributed by atoms with Crippen LogP contribution in [0, 0.1) is 0 Å². The van der Waals surface area contributed by atoms with E-state index in [0.29, 0.717) is 26.2 Å². The molecule has 0 atom stereocenters. The predicted octanol–water partition coefficient (Wildman–Crippen LogP) is 3.39. The Balaban J connectivity index is 1.87. The van der Waals surface area contributed by atoms with Crippen LogP contribution < -0.4 is 19.7 Å². The summed E-state index contributed by atoms with van der Waals surface area (Å²) in [7, 11) is 3.34. The highest BCUT2D eigenvalue weighted by molar-refractivity contribution is 5.48. The van der Waals surface area contributed by atoms with Gasteiger partial charge in [0, 0.05) is 37.9 Å². The first kappa shape index (κ1) is 21.6. The lowest BCUT2D eigenvalue weighted by atomic mass is 10.1. The minimum Gasteiger partial charge on any atom is -0.497 e. The molecule has 0 saturated carbocycles. The minimum absolute atomic E-state index is 0.108. The van der Waals surface area contributed by atoms with Gasteiger partial charge in [0.25, 0.3) is 0 Å². The second-order valence-corrected chi connectivity index (χ2v) is 6.94. The number of methoxy groups -OCH3 is 2. The van der Waals surface area contributed by atoms with Crippen molar-refractivity contribution in [1.29, 1.82) is 0 Å². The average molecular weight is 408 g/mol. The molecule has 0 aliphatic heterocycles. The quantitative estimate of drug-likeness (QED) is 0.475. The maximum Gasteiger partial charge on any atom is 0.133 e. The first-order valence-corrected chi connectivity index (χ1v) is 9.99. The summed E-state index contributed by atoms with van der Waals surface area (Å²) in [4.78, 5) is 6.96. The molecule has 0 amide bonds. The third kappa shape index (κ3) is 5.95. The van der Waals surface area contributed by atoms with E-state index in [0.717, 1.165) is 22.9 Å². The van der Waals surface area contributed by atoms with Gasteiger partial charge >= 0.3 is 0 Å². The van der Waals surface area contributed by atoms with Crippen LogP contribution in [-0.4, -0.2) is 37.5 Å². The Labute approximate surface area is 178 Å². The number of aliphatic hydroxyl groups excluding tert-OH is 1. The molecule has 2 N–H and O–H groups in total. The van der Waals surface area contributed by atoms with E-state index < -0.39 is 0 Å². The van der Waals surface area contributed by atoms with Crippen molar-refractivity contribution >= 4 is 5.82 Å². The van der Waals surface area contributed by atoms with Crippen LogP contribution in [0.3, 0.4) is 0 Å². The van der Waals surface area contributed by atoms with Crippen LogP contribution in [0.25, 0.3) is 0 Å². The number of hydrogen-bond donors (Lipinski definition) is 2. The Morgan fingerprint density at radius 2 is 1.43 bits per heavy atom. The maximum atomic E-state index is 9.09. The number of rotatable bonds is 11. The van der Waals surface area contributed by atoms with Crippen LogP contribution in [0.15, 0.2) is 66.9 Å². The van der Waals surface area contributed by atoms with Crippen molar-refractivity contribution in [1.82, 2.24) is 10.3 Å². The topological polar surface area (TPSA) is 66.9 Å². The van der Waals surface area contributed by atoms with E-state index in [1.54, 1.807) is 14.2 Å². The molecule has 0 spiro atoms. The van der Waals surface area contributed by atoms with Gasteiger partial charge in [-0.1, -0.05) is 30.3 Å². The summed E-state index contributed by atoms with van der Waals surface area (Å²) in [5.74, 6) is 2.61. The Hall–Kier alpha value is -3.09. The Morgan fingerprint density at radius 1 is 0.867 bits per heavy atom. The largest absolute Gasteiger partial charge is 0.497 e. The summed E-state index contributed by atoms with van der Waals surface area (Å²) in [5.41, 5.74) is 3.43. The monoisotopic (exact) mass is 407 g/mol. The molecule has 0 radical (unpaired) electrons. The van der Waals surface area contributed by atoms with Gasteiger partial charge in [-0.2, -0.15) is 0 Å². The van der Waals surface area contributed by atoms with Gasteiger partial charge in [-0.3, -0.25) is 0 Å². The van der Waals surface area contributed by atoms with Gasteiger partial charge in [-0.15, -0.1) is 0 Å². The molecule has 3 rings (SSSR count). The number of anilines is 1. The van der Waals surface area contributed by atoms with E-state index in [9.17, 15) is 0 Å². The van der Waals surface area contributed by atoms with Gasteiger partial charge in [0.1, 0.15) is 17.3 Å². The molecule has 0 saturated heterocycles. The lowest BCUT2D eigenvalue weighted by Crippen LogP contribution is -2.26. The summed E-state index contributed by atoms with van der Waals surface area (Å²) >= 11 is 0. The molecule has 30 heavy (non-hydrogen) atoms. The van der Waals surface area contributed by atoms with Crippen molar-refractivity contribution in [2.45, 2.75) is 19.6 Å². The number of hydrogen-bond acceptors (Lipinski definition) is 6. The number of aromatic nitrogens is 1. The summed E-state index contributed by atoms with van der Waals surface area (Å²) < 4.78 is 10.6. The average Bonchev–Trinajstić information content (AvgIpc) is 2.80. The van der Waals surface area contributed by atoms with Crippen molar-refractivity contribution in [2.24, 2.45) is 0 Å². The molecular formula is C24H29N3O3. The highest BCUT2D eigenvalue weighted by atomic mass is 16.5. The smallest absolute Gasteiger partial charge is 0.133 e. The number of aliphatic hydroxyl groups is 1. The summed E-state index contributed by atoms with van der Waals surface area (Å²) in [5, 5.41) is 12.3. The van der Waals surface area contributed by atoms with Crippen molar-refractivity contribution in [3.8, 4) is 11.5 Å². The lowest BCUT2D eigenvalue weighted by molar-refractivity contribution is 0.292. The maximum absolute atomic E-state index is 9.09. The van der Waals surface area contributed by atoms with Crippen LogP contribution in [-0.2, 0) is 19.6 Å². The van der Waals surface area contributed by atoms with Gasteiger partial charge in [0.2, 0.25) is 0 Å². The molecule has 0 bridgehead atoms. The van der Waals surface area contributed by atoms with Gasteiger partial charge in [-0.25, -0.2) is 4.98 Å². The molecule has 0 aliphatic rings. The van der Waals surface area contributed by atoms with Gasteiger partial charge in [-0.05, 0) is 41.5 Å². The second-order valence-electron chi connectivity index (χ2n) is 6.94. The van der Waals surface area contributed by atoms with Crippen LogP contribution >= 0.6 is 0 Å². The highest BCUT2D eigenvalue weighted by Gasteiger charge is 2.14. The number of ether oxygens (including phenoxy) is 2. The normalized spacial score (nSPS) is 10.6. The summed E-state index contributed by atoms with van der Waals surface area (Å²) in [6, 6.07) is 20.2. The number of nitrogens with one attached hydrogen (secondary N) is 1. The molecule has 2 aromatic carbocycles. The molecule has 6 heteroatoms. The van der Waals surface area contributed by atoms with E-state index in [1.807, 2.05) is 36.5 Å². The van der Waals surface area contributed by atoms with Crippen molar-refractivity contribution in [2.75, 3.05) is 32.3 Å². The Kier molecular flexibility index (Phi) is 8.06. The molecule has 6 nitrogen and oxygen atoms in total. The van der Waals surface area contributed by atoms with Gasteiger partial charge in [0.05, 0.1) is 20.8 Å². The fourth-order valence-electron chi connectivity index (χ4n) is 3.26. The van der Waals surface area contributed by atoms with E-state index in [-0.39, 0.29) is 6.61 Å². The number of benzene rings is 2. The summed E-state index contributed by atoms with van der Waals surface area (Å²) in [6.07, 6.45) is 1.82. The van der Waals surface area contributed by atoms with E-state index in [4.69, 9.17) is 19.6 Å². The third-order valence-electron chi connectivity index (χ3n) is 4.84. The predicted molar refractivity (Wildman–Crippen MR) is 119 cm³/mol. The van der Waals surface area contributed by atoms with Gasteiger partial charge < -0.3 is 24.8 Å². The first-order chi connectivity index (χ1) is 14.7. The fourth-order valence-corrected chi connectivity index (χ4v) is 3.26. The molecular weight excluding hydrogens is 378 g/mol. The third-order valence-corrected chi connectivity index (χ3v) is 4.84. The molecule has 158 valence electrons. The summed E-state index contributed by atoms with van der Waals surface area (Å²) in [6.45, 7) is 2.72. The standard InChI is InChI=1S/C24H29N3O3/c1-29-22-9-5-19(6-10-22)17-27(18-20-7-11-23(30-2)12-8-20)24-21(4-3-13-26-24)16-25-14-15-28/h3-13,25,28H,14-18H2,1-2H3. The molecule has 0 aliphatic carbocycles. The lowest BCUT2D eigenvalue weighted by Gasteiger charge is -2.26. The molecule has 1 heterocycles. The van der Waals surface area contributed by atoms with Crippen LogP contribution in [0.2, 0.25) is 0 Å². The fraction of sp³-hybridized carbons (Fsp3) is 0.292. The Bertz CT molecular complexity index is 849. The number of nitrogens with zero attached hydrogens (tertiary/aromatic N) is 2. The zero-order chi connectivity index (χ0) is 21.2. The second kappa shape index (κ2) is 11.2. The van der Waals surface area contributed by atoms with Crippen molar-refractivity contribution < 1.29 is 14.6 Å². The van der Waals surface area contributed by atoms with E-state index in [1.165, 1.54) is 11.1 Å². The zero-order valence-corrected chi connectivity index (χ0v) is 17.5. The minimum atomic E-state index is 0.108. The Morgan fingerprint density at radius 3 is 1.93 bits per heavy atom. The molecule has 0 fully saturated rings. The first-order valence-electron chi connectivity index (χ1n) is 9.99. The van der Waals surface area contributed by atoms with E-state index in [2.05, 4.69) is 40.5 Å². The van der Waals surface area contributed by atoms with Crippen LogP contribution in [0.1, 0.15) is 16.7 Å². The zero-order valence-electron chi connectivity index (χ0n) is 17.5. The van der Waals surface area contributed by atoms with Crippen LogP contribution in [0.5, 0.6) is 11.5 Å². The number of pyridine rings is 1. The van der Waals surface area contributed by atoms with Crippen molar-refractivity contribution in [3.63, 3.8) is 0 Å². The SMILES string of the molecule is COc1ccc(CN(Cc2ccc(OC)cc2)c2ncccc2CNCCO)cc1. The van der Waals surface area contributed by atoms with E-state index >= 15 is 0 Å².